The fraction of sp³-hybridized carbons (Fsp3) is 0.200. The fourth-order valence-electron chi connectivity index (χ4n) is 0.557. The molecule has 0 atom stereocenters. The molecule has 1 aromatic carbocycles. The number of rotatable bonds is 1. The van der Waals surface area contributed by atoms with Crippen molar-refractivity contribution in [3.63, 3.8) is 0 Å². The minimum Gasteiger partial charge on any atom is -0.497 e. The summed E-state index contributed by atoms with van der Waals surface area (Å²) in [7, 11) is 1.66. The van der Waals surface area contributed by atoms with Crippen LogP contribution in [0.1, 0.15) is 6.92 Å². The molecule has 0 aliphatic heterocycles. The monoisotopic (exact) mass is 212 g/mol. The molecule has 0 saturated carbocycles. The van der Waals surface area contributed by atoms with E-state index in [1.807, 2.05) is 30.3 Å². The van der Waals surface area contributed by atoms with E-state index in [2.05, 4.69) is 5.73 Å². The minimum atomic E-state index is -0.833. The van der Waals surface area contributed by atoms with E-state index in [4.69, 9.17) is 20.0 Å². The van der Waals surface area contributed by atoms with E-state index in [9.17, 15) is 0 Å². The molecule has 0 radical (unpaired) electrons. The molecule has 5 nitrogen and oxygen atoms in total. The third-order valence-electron chi connectivity index (χ3n) is 0.979. The van der Waals surface area contributed by atoms with Crippen molar-refractivity contribution in [3.8, 4) is 5.75 Å². The Balaban J connectivity index is 0. The minimum absolute atomic E-state index is 0.750. The molecule has 15 heavy (non-hydrogen) atoms. The quantitative estimate of drug-likeness (QED) is 0.483. The second-order valence-corrected chi connectivity index (χ2v) is 2.20. The molecular weight excluding hydrogens is 196 g/mol. The van der Waals surface area contributed by atoms with Gasteiger partial charge in [0.15, 0.2) is 0 Å². The van der Waals surface area contributed by atoms with Crippen LogP contribution in [0.4, 0.5) is 0 Å². The second-order valence-electron chi connectivity index (χ2n) is 2.20. The summed E-state index contributed by atoms with van der Waals surface area (Å²) in [6, 6.07) is 9.68. The molecule has 0 spiro atoms. The average Bonchev–Trinajstić information content (AvgIpc) is 2.19. The first-order valence-electron chi connectivity index (χ1n) is 4.07. The van der Waals surface area contributed by atoms with Crippen molar-refractivity contribution in [1.82, 2.24) is 0 Å². The highest BCUT2D eigenvalue weighted by Gasteiger charge is 1.80. The number of nitrogens with two attached hydrogens (primary N) is 1. The van der Waals surface area contributed by atoms with Gasteiger partial charge in [-0.25, -0.2) is 0 Å². The number of methoxy groups -OCH3 is 1. The summed E-state index contributed by atoms with van der Waals surface area (Å²) in [4.78, 5) is 9.00. The Hall–Kier alpha value is -2.04. The SMILES string of the molecule is CC(=O)O.COc1ccccc1.N=CN. The van der Waals surface area contributed by atoms with Crippen LogP contribution in [-0.2, 0) is 4.79 Å². The molecule has 0 fully saturated rings. The third-order valence-corrected chi connectivity index (χ3v) is 0.979. The lowest BCUT2D eigenvalue weighted by Gasteiger charge is -1.93. The normalized spacial score (nSPS) is 7.07. The van der Waals surface area contributed by atoms with Gasteiger partial charge in [-0.2, -0.15) is 0 Å². The van der Waals surface area contributed by atoms with Crippen molar-refractivity contribution < 1.29 is 14.6 Å². The van der Waals surface area contributed by atoms with E-state index < -0.39 is 5.97 Å². The molecule has 4 N–H and O–H groups in total. The van der Waals surface area contributed by atoms with Crippen LogP contribution >= 0.6 is 0 Å². The summed E-state index contributed by atoms with van der Waals surface area (Å²) in [6.45, 7) is 1.08. The number of carboxylic acid groups (broad SMARTS) is 1. The van der Waals surface area contributed by atoms with Crippen molar-refractivity contribution in [2.24, 2.45) is 5.73 Å². The molecule has 0 amide bonds. The van der Waals surface area contributed by atoms with Gasteiger partial charge in [0.05, 0.1) is 13.4 Å². The molecule has 84 valence electrons. The molecular formula is C10H16N2O3. The van der Waals surface area contributed by atoms with Crippen LogP contribution in [-0.4, -0.2) is 24.5 Å². The van der Waals surface area contributed by atoms with E-state index in [1.165, 1.54) is 0 Å². The van der Waals surface area contributed by atoms with Gasteiger partial charge in [-0.1, -0.05) is 18.2 Å². The van der Waals surface area contributed by atoms with Crippen LogP contribution in [0.3, 0.4) is 0 Å². The Morgan fingerprint density at radius 3 is 2.00 bits per heavy atom. The highest BCUT2D eigenvalue weighted by molar-refractivity contribution is 5.62. The highest BCUT2D eigenvalue weighted by atomic mass is 16.5. The number of carbonyl (C=O) groups is 1. The number of carboxylic acids is 1. The number of aliphatic carboxylic acids is 1. The van der Waals surface area contributed by atoms with Gasteiger partial charge in [-0.3, -0.25) is 10.2 Å². The van der Waals surface area contributed by atoms with Gasteiger partial charge in [0.1, 0.15) is 5.75 Å². The number of nitrogens with one attached hydrogen (secondary N) is 1. The van der Waals surface area contributed by atoms with Crippen molar-refractivity contribution in [3.05, 3.63) is 30.3 Å². The van der Waals surface area contributed by atoms with Gasteiger partial charge < -0.3 is 15.6 Å². The maximum Gasteiger partial charge on any atom is 0.300 e. The predicted molar refractivity (Wildman–Crippen MR) is 59.3 cm³/mol. The summed E-state index contributed by atoms with van der Waals surface area (Å²) in [6.07, 6.45) is 0.750. The summed E-state index contributed by atoms with van der Waals surface area (Å²) in [5.41, 5.74) is 4.39. The Labute approximate surface area is 89.0 Å². The van der Waals surface area contributed by atoms with Crippen LogP contribution in [0.5, 0.6) is 5.75 Å². The van der Waals surface area contributed by atoms with Gasteiger partial charge in [-0.15, -0.1) is 0 Å². The van der Waals surface area contributed by atoms with Gasteiger partial charge in [0.25, 0.3) is 5.97 Å². The number of hydrogen-bond acceptors (Lipinski definition) is 3. The molecule has 0 saturated heterocycles. The second kappa shape index (κ2) is 12.0. The molecule has 0 aliphatic carbocycles. The molecule has 0 aliphatic rings. The summed E-state index contributed by atoms with van der Waals surface area (Å²) in [5, 5.41) is 13.3. The maximum atomic E-state index is 9.00. The van der Waals surface area contributed by atoms with Crippen LogP contribution in [0, 0.1) is 5.41 Å². The molecule has 0 heterocycles. The molecule has 5 heteroatoms. The molecule has 0 aromatic heterocycles. The van der Waals surface area contributed by atoms with Gasteiger partial charge in [0.2, 0.25) is 0 Å². The van der Waals surface area contributed by atoms with Crippen molar-refractivity contribution in [2.45, 2.75) is 6.92 Å². The van der Waals surface area contributed by atoms with Crippen molar-refractivity contribution in [2.75, 3.05) is 7.11 Å². The van der Waals surface area contributed by atoms with E-state index >= 15 is 0 Å². The standard InChI is InChI=1S/C7H8O.C2H4O2.CH4N2/c1-8-7-5-3-2-4-6-7;1-2(3)4;2-1-3/h2-6H,1H3;1H3,(H,3,4);1H,(H3,2,3). The Bertz CT molecular complexity index is 259. The number of ether oxygens (including phenoxy) is 1. The fourth-order valence-corrected chi connectivity index (χ4v) is 0.557. The Morgan fingerprint density at radius 1 is 1.47 bits per heavy atom. The van der Waals surface area contributed by atoms with Gasteiger partial charge >= 0.3 is 0 Å². The molecule has 0 bridgehead atoms. The summed E-state index contributed by atoms with van der Waals surface area (Å²) < 4.78 is 4.91. The van der Waals surface area contributed by atoms with Gasteiger partial charge in [-0.05, 0) is 12.1 Å². The first kappa shape index (κ1) is 15.4. The maximum absolute atomic E-state index is 9.00. The smallest absolute Gasteiger partial charge is 0.300 e. The average molecular weight is 212 g/mol. The predicted octanol–water partition coefficient (Wildman–Crippen LogP) is 1.34. The van der Waals surface area contributed by atoms with E-state index in [-0.39, 0.29) is 0 Å². The number of para-hydroxylation sites is 1. The molecule has 1 aromatic rings. The lowest BCUT2D eigenvalue weighted by atomic mass is 10.3. The zero-order valence-corrected chi connectivity index (χ0v) is 8.81. The molecule has 0 unspecified atom stereocenters. The van der Waals surface area contributed by atoms with Crippen LogP contribution in [0.25, 0.3) is 0 Å². The Morgan fingerprint density at radius 2 is 1.80 bits per heavy atom. The topological polar surface area (TPSA) is 96.4 Å². The zero-order valence-electron chi connectivity index (χ0n) is 8.81. The Kier molecular flexibility index (Phi) is 12.3. The highest BCUT2D eigenvalue weighted by Crippen LogP contribution is 2.05. The lowest BCUT2D eigenvalue weighted by molar-refractivity contribution is -0.134. The van der Waals surface area contributed by atoms with Crippen LogP contribution in [0.15, 0.2) is 30.3 Å². The largest absolute Gasteiger partial charge is 0.497 e. The zero-order chi connectivity index (χ0) is 12.1. The molecule has 1 rings (SSSR count). The van der Waals surface area contributed by atoms with Crippen LogP contribution in [0.2, 0.25) is 0 Å². The third kappa shape index (κ3) is 18.7. The van der Waals surface area contributed by atoms with E-state index in [0.29, 0.717) is 0 Å². The van der Waals surface area contributed by atoms with Crippen molar-refractivity contribution >= 4 is 12.3 Å². The lowest BCUT2D eigenvalue weighted by Crippen LogP contribution is -1.81. The number of hydrogen-bond donors (Lipinski definition) is 3. The summed E-state index contributed by atoms with van der Waals surface area (Å²) >= 11 is 0. The first-order chi connectivity index (χ1) is 7.08. The van der Waals surface area contributed by atoms with Crippen molar-refractivity contribution in [1.29, 1.82) is 5.41 Å². The van der Waals surface area contributed by atoms with Crippen LogP contribution < -0.4 is 10.5 Å². The van der Waals surface area contributed by atoms with E-state index in [1.54, 1.807) is 7.11 Å². The van der Waals surface area contributed by atoms with Gasteiger partial charge in [0, 0.05) is 6.92 Å². The number of benzene rings is 1. The summed E-state index contributed by atoms with van der Waals surface area (Å²) in [5.74, 6) is 0.0764. The first-order valence-corrected chi connectivity index (χ1v) is 4.07. The van der Waals surface area contributed by atoms with E-state index in [0.717, 1.165) is 19.0 Å².